The van der Waals surface area contributed by atoms with Gasteiger partial charge in [0.15, 0.2) is 0 Å². The highest BCUT2D eigenvalue weighted by Gasteiger charge is 2.46. The first kappa shape index (κ1) is 13.4. The van der Waals surface area contributed by atoms with Gasteiger partial charge in [0, 0.05) is 6.04 Å². The van der Waals surface area contributed by atoms with Gasteiger partial charge in [0.05, 0.1) is 5.41 Å². The van der Waals surface area contributed by atoms with Crippen molar-refractivity contribution in [3.8, 4) is 0 Å². The minimum Gasteiger partial charge on any atom is -0.352 e. The molecule has 3 aliphatic rings. The molecule has 0 saturated heterocycles. The summed E-state index contributed by atoms with van der Waals surface area (Å²) in [7, 11) is 0. The molecule has 3 saturated carbocycles. The number of hydrogen-bond donors (Lipinski definition) is 1. The first-order valence-corrected chi connectivity index (χ1v) is 8.64. The largest absolute Gasteiger partial charge is 0.352 e. The molecule has 1 aromatic carbocycles. The van der Waals surface area contributed by atoms with E-state index in [1.807, 2.05) is 6.07 Å². The number of benzene rings is 1. The Bertz CT molecular complexity index is 518. The topological polar surface area (TPSA) is 29.1 Å². The van der Waals surface area contributed by atoms with Gasteiger partial charge in [-0.2, -0.15) is 0 Å². The van der Waals surface area contributed by atoms with E-state index in [1.165, 1.54) is 44.1 Å². The Morgan fingerprint density at radius 3 is 2.43 bits per heavy atom. The molecule has 0 unspecified atom stereocenters. The minimum atomic E-state index is -0.247. The smallest absolute Gasteiger partial charge is 0.230 e. The Labute approximate surface area is 127 Å². The molecule has 0 heterocycles. The van der Waals surface area contributed by atoms with Gasteiger partial charge in [0.2, 0.25) is 5.91 Å². The predicted molar refractivity (Wildman–Crippen MR) is 84.0 cm³/mol. The number of fused-ring (bicyclic) bond motifs is 2. The second kappa shape index (κ2) is 5.15. The van der Waals surface area contributed by atoms with Gasteiger partial charge >= 0.3 is 0 Å². The summed E-state index contributed by atoms with van der Waals surface area (Å²) in [5.41, 5.74) is 0.978. The van der Waals surface area contributed by atoms with E-state index in [-0.39, 0.29) is 5.41 Å². The van der Waals surface area contributed by atoms with Crippen molar-refractivity contribution in [3.63, 3.8) is 0 Å². The van der Waals surface area contributed by atoms with Gasteiger partial charge in [0.1, 0.15) is 0 Å². The molecule has 1 aromatic rings. The number of carbonyl (C=O) groups is 1. The summed E-state index contributed by atoms with van der Waals surface area (Å²) in [4.78, 5) is 13.1. The number of carbonyl (C=O) groups excluding carboxylic acids is 1. The average molecular weight is 283 g/mol. The molecule has 3 fully saturated rings. The second-order valence-corrected chi connectivity index (χ2v) is 7.41. The van der Waals surface area contributed by atoms with Crippen molar-refractivity contribution >= 4 is 5.91 Å². The lowest BCUT2D eigenvalue weighted by Crippen LogP contribution is -2.48. The van der Waals surface area contributed by atoms with E-state index in [9.17, 15) is 4.79 Å². The molecule has 0 radical (unpaired) electrons. The van der Waals surface area contributed by atoms with Crippen LogP contribution in [-0.4, -0.2) is 11.9 Å². The van der Waals surface area contributed by atoms with Crippen LogP contribution in [0.1, 0.15) is 56.9 Å². The van der Waals surface area contributed by atoms with Crippen molar-refractivity contribution in [2.75, 3.05) is 0 Å². The van der Waals surface area contributed by atoms with Gasteiger partial charge in [-0.3, -0.25) is 4.79 Å². The van der Waals surface area contributed by atoms with E-state index in [1.54, 1.807) is 0 Å². The van der Waals surface area contributed by atoms with Gasteiger partial charge < -0.3 is 5.32 Å². The van der Waals surface area contributed by atoms with Crippen LogP contribution in [0.4, 0.5) is 0 Å². The number of nitrogens with one attached hydrogen (secondary N) is 1. The minimum absolute atomic E-state index is 0.247. The van der Waals surface area contributed by atoms with Crippen LogP contribution in [0.25, 0.3) is 0 Å². The van der Waals surface area contributed by atoms with E-state index in [0.717, 1.165) is 24.7 Å². The van der Waals surface area contributed by atoms with Gasteiger partial charge in [-0.15, -0.1) is 0 Å². The number of rotatable bonds is 3. The highest BCUT2D eigenvalue weighted by Crippen LogP contribution is 2.46. The third kappa shape index (κ3) is 2.20. The Morgan fingerprint density at radius 1 is 1.05 bits per heavy atom. The maximum atomic E-state index is 13.1. The van der Waals surface area contributed by atoms with Crippen LogP contribution in [0, 0.1) is 11.8 Å². The molecule has 3 atom stereocenters. The van der Waals surface area contributed by atoms with Gasteiger partial charge in [0.25, 0.3) is 0 Å². The lowest BCUT2D eigenvalue weighted by molar-refractivity contribution is -0.127. The molecule has 0 aliphatic heterocycles. The zero-order valence-corrected chi connectivity index (χ0v) is 12.7. The van der Waals surface area contributed by atoms with E-state index < -0.39 is 0 Å². The molecule has 0 aromatic heterocycles. The molecule has 1 N–H and O–H groups in total. The number of amides is 1. The van der Waals surface area contributed by atoms with Crippen LogP contribution in [-0.2, 0) is 10.2 Å². The summed E-state index contributed by atoms with van der Waals surface area (Å²) in [5, 5.41) is 3.45. The lowest BCUT2D eigenvalue weighted by atomic mass is 9.77. The van der Waals surface area contributed by atoms with Gasteiger partial charge in [-0.25, -0.2) is 0 Å². The molecule has 4 rings (SSSR count). The van der Waals surface area contributed by atoms with Gasteiger partial charge in [-0.1, -0.05) is 49.6 Å². The molecule has 3 aliphatic carbocycles. The highest BCUT2D eigenvalue weighted by molar-refractivity contribution is 5.88. The average Bonchev–Trinajstić information content (AvgIpc) is 3.25. The van der Waals surface area contributed by atoms with E-state index in [2.05, 4.69) is 29.6 Å². The summed E-state index contributed by atoms with van der Waals surface area (Å²) >= 11 is 0. The summed E-state index contributed by atoms with van der Waals surface area (Å²) in [6, 6.07) is 10.9. The zero-order chi connectivity index (χ0) is 14.3. The molecule has 1 amide bonds. The second-order valence-electron chi connectivity index (χ2n) is 7.41. The maximum Gasteiger partial charge on any atom is 0.230 e. The fourth-order valence-electron chi connectivity index (χ4n) is 5.11. The van der Waals surface area contributed by atoms with Crippen molar-refractivity contribution in [3.05, 3.63) is 35.9 Å². The van der Waals surface area contributed by atoms with Crippen LogP contribution in [0.5, 0.6) is 0 Å². The molecule has 21 heavy (non-hydrogen) atoms. The Balaban J connectivity index is 1.55. The van der Waals surface area contributed by atoms with Crippen molar-refractivity contribution < 1.29 is 4.79 Å². The fourth-order valence-corrected chi connectivity index (χ4v) is 5.11. The maximum absolute atomic E-state index is 13.1. The van der Waals surface area contributed by atoms with E-state index >= 15 is 0 Å². The van der Waals surface area contributed by atoms with Crippen molar-refractivity contribution in [1.29, 1.82) is 0 Å². The Morgan fingerprint density at radius 2 is 1.81 bits per heavy atom. The normalized spacial score (nSPS) is 33.2. The van der Waals surface area contributed by atoms with Crippen LogP contribution in [0.2, 0.25) is 0 Å². The quantitative estimate of drug-likeness (QED) is 0.898. The molecule has 112 valence electrons. The van der Waals surface area contributed by atoms with Crippen molar-refractivity contribution in [2.45, 2.75) is 62.8 Å². The summed E-state index contributed by atoms with van der Waals surface area (Å²) in [6.07, 6.45) is 9.69. The van der Waals surface area contributed by atoms with Crippen LogP contribution in [0.3, 0.4) is 0 Å². The molecular weight excluding hydrogens is 258 g/mol. The predicted octanol–water partition coefficient (Wildman–Crippen LogP) is 3.80. The molecule has 2 nitrogen and oxygen atoms in total. The molecule has 2 bridgehead atoms. The zero-order valence-electron chi connectivity index (χ0n) is 12.7. The summed E-state index contributed by atoms with van der Waals surface area (Å²) in [5.74, 6) is 1.95. The summed E-state index contributed by atoms with van der Waals surface area (Å²) in [6.45, 7) is 0. The third-order valence-corrected chi connectivity index (χ3v) is 6.27. The lowest BCUT2D eigenvalue weighted by Gasteiger charge is -2.32. The SMILES string of the molecule is O=C(N[C@H]1C[C@@H]2CC[C@@H]1C2)C1(c2ccccc2)CCCC1. The van der Waals surface area contributed by atoms with E-state index in [4.69, 9.17) is 0 Å². The Kier molecular flexibility index (Phi) is 3.28. The summed E-state index contributed by atoms with van der Waals surface area (Å²) < 4.78 is 0. The first-order valence-electron chi connectivity index (χ1n) is 8.64. The third-order valence-electron chi connectivity index (χ3n) is 6.27. The Hall–Kier alpha value is -1.31. The van der Waals surface area contributed by atoms with Crippen molar-refractivity contribution in [2.24, 2.45) is 11.8 Å². The van der Waals surface area contributed by atoms with Crippen LogP contribution < -0.4 is 5.32 Å². The highest BCUT2D eigenvalue weighted by atomic mass is 16.2. The molecular formula is C19H25NO. The standard InChI is InChI=1S/C19H25NO/c21-18(20-17-13-14-8-9-15(17)12-14)19(10-4-5-11-19)16-6-2-1-3-7-16/h1-3,6-7,14-15,17H,4-5,8-13H2,(H,20,21)/t14-,15-,17+/m1/s1. The number of hydrogen-bond acceptors (Lipinski definition) is 1. The fraction of sp³-hybridized carbons (Fsp3) is 0.632. The molecule has 2 heteroatoms. The van der Waals surface area contributed by atoms with Crippen molar-refractivity contribution in [1.82, 2.24) is 5.32 Å². The molecule has 0 spiro atoms. The van der Waals surface area contributed by atoms with Gasteiger partial charge in [-0.05, 0) is 49.5 Å². The van der Waals surface area contributed by atoms with Crippen LogP contribution >= 0.6 is 0 Å². The monoisotopic (exact) mass is 283 g/mol. The van der Waals surface area contributed by atoms with Crippen LogP contribution in [0.15, 0.2) is 30.3 Å². The van der Waals surface area contributed by atoms with E-state index in [0.29, 0.717) is 11.9 Å². The first-order chi connectivity index (χ1) is 10.3.